The number of nitrogens with one attached hydrogen (secondary N) is 1. The van der Waals surface area contributed by atoms with Gasteiger partial charge in [-0.1, -0.05) is 0 Å². The Hall–Kier alpha value is -0.650. The SMILES string of the molecule is CNC(C)C(=O)N1CCN(CCO)CC1. The normalized spacial score (nSPS) is 20.3. The largest absolute Gasteiger partial charge is 0.395 e. The summed E-state index contributed by atoms with van der Waals surface area (Å²) in [5, 5.41) is 11.7. The van der Waals surface area contributed by atoms with E-state index in [0.29, 0.717) is 6.54 Å². The number of likely N-dealkylation sites (N-methyl/N-ethyl adjacent to an activating group) is 1. The van der Waals surface area contributed by atoms with Crippen LogP contribution in [0.15, 0.2) is 0 Å². The lowest BCUT2D eigenvalue weighted by atomic mass is 10.2. The molecule has 0 radical (unpaired) electrons. The molecule has 15 heavy (non-hydrogen) atoms. The van der Waals surface area contributed by atoms with E-state index in [0.717, 1.165) is 26.2 Å². The highest BCUT2D eigenvalue weighted by Crippen LogP contribution is 2.03. The molecule has 0 aliphatic carbocycles. The summed E-state index contributed by atoms with van der Waals surface area (Å²) in [5.74, 6) is 0.168. The second kappa shape index (κ2) is 6.05. The Bertz CT molecular complexity index is 203. The number of hydrogen-bond donors (Lipinski definition) is 2. The molecular weight excluding hydrogens is 194 g/mol. The number of rotatable bonds is 4. The summed E-state index contributed by atoms with van der Waals surface area (Å²) in [4.78, 5) is 15.8. The minimum absolute atomic E-state index is 0.102. The molecule has 1 aliphatic rings. The predicted octanol–water partition coefficient (Wildman–Crippen LogP) is -1.27. The number of piperazine rings is 1. The van der Waals surface area contributed by atoms with Crippen LogP contribution < -0.4 is 5.32 Å². The Kier molecular flexibility index (Phi) is 5.01. The van der Waals surface area contributed by atoms with Gasteiger partial charge < -0.3 is 15.3 Å². The van der Waals surface area contributed by atoms with E-state index in [4.69, 9.17) is 5.11 Å². The Labute approximate surface area is 91.0 Å². The van der Waals surface area contributed by atoms with Crippen molar-refractivity contribution in [1.82, 2.24) is 15.1 Å². The van der Waals surface area contributed by atoms with Gasteiger partial charge in [0, 0.05) is 32.7 Å². The van der Waals surface area contributed by atoms with Gasteiger partial charge >= 0.3 is 0 Å². The van der Waals surface area contributed by atoms with Gasteiger partial charge in [-0.3, -0.25) is 9.69 Å². The van der Waals surface area contributed by atoms with Gasteiger partial charge in [0.25, 0.3) is 0 Å². The van der Waals surface area contributed by atoms with E-state index >= 15 is 0 Å². The smallest absolute Gasteiger partial charge is 0.239 e. The third kappa shape index (κ3) is 3.44. The molecule has 5 nitrogen and oxygen atoms in total. The molecule has 1 saturated heterocycles. The van der Waals surface area contributed by atoms with Crippen LogP contribution in [0.25, 0.3) is 0 Å². The zero-order valence-corrected chi connectivity index (χ0v) is 9.57. The van der Waals surface area contributed by atoms with Crippen molar-refractivity contribution in [2.75, 3.05) is 46.4 Å². The summed E-state index contributed by atoms with van der Waals surface area (Å²) < 4.78 is 0. The molecule has 0 spiro atoms. The predicted molar refractivity (Wildman–Crippen MR) is 58.6 cm³/mol. The highest BCUT2D eigenvalue weighted by molar-refractivity contribution is 5.81. The summed E-state index contributed by atoms with van der Waals surface area (Å²) in [6.45, 7) is 6.05. The third-order valence-corrected chi connectivity index (χ3v) is 2.90. The van der Waals surface area contributed by atoms with E-state index < -0.39 is 0 Å². The van der Waals surface area contributed by atoms with E-state index in [1.807, 2.05) is 11.8 Å². The highest BCUT2D eigenvalue weighted by Gasteiger charge is 2.23. The van der Waals surface area contributed by atoms with Crippen molar-refractivity contribution in [2.45, 2.75) is 13.0 Å². The first-order valence-electron chi connectivity index (χ1n) is 5.48. The van der Waals surface area contributed by atoms with Crippen LogP contribution in [0.5, 0.6) is 0 Å². The average Bonchev–Trinajstić information content (AvgIpc) is 2.28. The molecule has 0 bridgehead atoms. The minimum Gasteiger partial charge on any atom is -0.395 e. The first-order valence-corrected chi connectivity index (χ1v) is 5.48. The fourth-order valence-electron chi connectivity index (χ4n) is 1.73. The maximum atomic E-state index is 11.8. The van der Waals surface area contributed by atoms with E-state index in [1.54, 1.807) is 7.05 Å². The molecule has 1 heterocycles. The maximum absolute atomic E-state index is 11.8. The van der Waals surface area contributed by atoms with Crippen molar-refractivity contribution in [3.05, 3.63) is 0 Å². The van der Waals surface area contributed by atoms with Crippen molar-refractivity contribution in [2.24, 2.45) is 0 Å². The standard InChI is InChI=1S/C10H21N3O2/c1-9(11-2)10(15)13-5-3-12(4-6-13)7-8-14/h9,11,14H,3-8H2,1-2H3. The molecule has 5 heteroatoms. The van der Waals surface area contributed by atoms with Crippen molar-refractivity contribution < 1.29 is 9.90 Å². The van der Waals surface area contributed by atoms with Crippen LogP contribution in [0.4, 0.5) is 0 Å². The molecule has 1 amide bonds. The third-order valence-electron chi connectivity index (χ3n) is 2.90. The molecule has 0 saturated carbocycles. The molecule has 1 rings (SSSR count). The summed E-state index contributed by atoms with van der Waals surface area (Å²) in [7, 11) is 1.80. The zero-order valence-electron chi connectivity index (χ0n) is 9.57. The number of β-amino-alcohol motifs (C(OH)–C–C–N with tert-alkyl or cyclic N) is 1. The van der Waals surface area contributed by atoms with E-state index in [1.165, 1.54) is 0 Å². The molecular formula is C10H21N3O2. The number of aliphatic hydroxyl groups excluding tert-OH is 1. The van der Waals surface area contributed by atoms with Crippen LogP contribution in [-0.4, -0.2) is 73.2 Å². The van der Waals surface area contributed by atoms with Crippen molar-refractivity contribution in [1.29, 1.82) is 0 Å². The lowest BCUT2D eigenvalue weighted by Crippen LogP contribution is -2.53. The fraction of sp³-hybridized carbons (Fsp3) is 0.900. The van der Waals surface area contributed by atoms with Crippen LogP contribution in [0.1, 0.15) is 6.92 Å². The van der Waals surface area contributed by atoms with Gasteiger partial charge in [-0.05, 0) is 14.0 Å². The summed E-state index contributed by atoms with van der Waals surface area (Å²) in [6, 6.07) is -0.102. The number of hydrogen-bond acceptors (Lipinski definition) is 4. The topological polar surface area (TPSA) is 55.8 Å². The van der Waals surface area contributed by atoms with Crippen LogP contribution in [-0.2, 0) is 4.79 Å². The number of carbonyl (C=O) groups excluding carboxylic acids is 1. The highest BCUT2D eigenvalue weighted by atomic mass is 16.3. The molecule has 1 aliphatic heterocycles. The Balaban J connectivity index is 2.33. The molecule has 1 unspecified atom stereocenters. The average molecular weight is 215 g/mol. The van der Waals surface area contributed by atoms with Gasteiger partial charge in [-0.15, -0.1) is 0 Å². The fourth-order valence-corrected chi connectivity index (χ4v) is 1.73. The molecule has 0 aromatic rings. The first kappa shape index (κ1) is 12.4. The Morgan fingerprint density at radius 3 is 2.47 bits per heavy atom. The van der Waals surface area contributed by atoms with Gasteiger partial charge in [0.1, 0.15) is 0 Å². The Morgan fingerprint density at radius 2 is 2.00 bits per heavy atom. The number of amides is 1. The summed E-state index contributed by atoms with van der Waals surface area (Å²) >= 11 is 0. The van der Waals surface area contributed by atoms with E-state index in [9.17, 15) is 4.79 Å². The van der Waals surface area contributed by atoms with Crippen LogP contribution >= 0.6 is 0 Å². The number of nitrogens with zero attached hydrogens (tertiary/aromatic N) is 2. The van der Waals surface area contributed by atoms with Crippen molar-refractivity contribution >= 4 is 5.91 Å². The molecule has 0 aromatic carbocycles. The van der Waals surface area contributed by atoms with Gasteiger partial charge in [0.15, 0.2) is 0 Å². The molecule has 2 N–H and O–H groups in total. The minimum atomic E-state index is -0.102. The quantitative estimate of drug-likeness (QED) is 0.614. The molecule has 88 valence electrons. The molecule has 0 aromatic heterocycles. The monoisotopic (exact) mass is 215 g/mol. The molecule has 1 atom stereocenters. The number of carbonyl (C=O) groups is 1. The number of aliphatic hydroxyl groups is 1. The zero-order chi connectivity index (χ0) is 11.3. The van der Waals surface area contributed by atoms with Gasteiger partial charge in [-0.2, -0.15) is 0 Å². The van der Waals surface area contributed by atoms with E-state index in [-0.39, 0.29) is 18.6 Å². The van der Waals surface area contributed by atoms with Gasteiger partial charge in [0.05, 0.1) is 12.6 Å². The lowest BCUT2D eigenvalue weighted by Gasteiger charge is -2.35. The first-order chi connectivity index (χ1) is 7.19. The van der Waals surface area contributed by atoms with E-state index in [2.05, 4.69) is 10.2 Å². The molecule has 1 fully saturated rings. The second-order valence-electron chi connectivity index (χ2n) is 3.90. The van der Waals surface area contributed by atoms with Crippen molar-refractivity contribution in [3.63, 3.8) is 0 Å². The van der Waals surface area contributed by atoms with Crippen LogP contribution in [0.3, 0.4) is 0 Å². The lowest BCUT2D eigenvalue weighted by molar-refractivity contribution is -0.134. The Morgan fingerprint density at radius 1 is 1.40 bits per heavy atom. The van der Waals surface area contributed by atoms with Crippen molar-refractivity contribution in [3.8, 4) is 0 Å². The second-order valence-corrected chi connectivity index (χ2v) is 3.90. The maximum Gasteiger partial charge on any atom is 0.239 e. The summed E-state index contributed by atoms with van der Waals surface area (Å²) in [5.41, 5.74) is 0. The van der Waals surface area contributed by atoms with Gasteiger partial charge in [0.2, 0.25) is 5.91 Å². The van der Waals surface area contributed by atoms with Crippen LogP contribution in [0.2, 0.25) is 0 Å². The summed E-state index contributed by atoms with van der Waals surface area (Å²) in [6.07, 6.45) is 0. The van der Waals surface area contributed by atoms with Crippen LogP contribution in [0, 0.1) is 0 Å². The van der Waals surface area contributed by atoms with Gasteiger partial charge in [-0.25, -0.2) is 0 Å².